The smallest absolute Gasteiger partial charge is 0.262 e. The minimum atomic E-state index is -0.333. The fourth-order valence-electron chi connectivity index (χ4n) is 2.87. The Balaban J connectivity index is 2.26. The number of nitrogens with one attached hydrogen (secondary N) is 1. The number of nitrogens with zero attached hydrogens (tertiary/aromatic N) is 1. The molecular formula is C20H23BrN2O3. The van der Waals surface area contributed by atoms with Crippen molar-refractivity contribution < 1.29 is 14.3 Å². The van der Waals surface area contributed by atoms with Crippen LogP contribution in [-0.4, -0.2) is 25.2 Å². The van der Waals surface area contributed by atoms with E-state index in [4.69, 9.17) is 9.47 Å². The largest absolute Gasteiger partial charge is 0.490 e. The van der Waals surface area contributed by atoms with Gasteiger partial charge in [-0.1, -0.05) is 25.5 Å². The van der Waals surface area contributed by atoms with E-state index in [9.17, 15) is 10.1 Å². The summed E-state index contributed by atoms with van der Waals surface area (Å²) in [5.41, 5.74) is 0.760. The van der Waals surface area contributed by atoms with E-state index in [1.54, 1.807) is 24.3 Å². The first-order chi connectivity index (χ1) is 12.6. The predicted molar refractivity (Wildman–Crippen MR) is 105 cm³/mol. The summed E-state index contributed by atoms with van der Waals surface area (Å²) in [5.74, 6) is 0.779. The van der Waals surface area contributed by atoms with Crippen LogP contribution in [0.5, 0.6) is 11.5 Å². The number of hydrogen-bond donors (Lipinski definition) is 1. The Morgan fingerprint density at radius 1 is 1.42 bits per heavy atom. The molecule has 6 heteroatoms. The number of benzene rings is 1. The fourth-order valence-corrected chi connectivity index (χ4v) is 3.44. The Hall–Kier alpha value is -2.26. The van der Waals surface area contributed by atoms with Crippen molar-refractivity contribution >= 4 is 27.9 Å². The van der Waals surface area contributed by atoms with Gasteiger partial charge in [0, 0.05) is 6.04 Å². The highest BCUT2D eigenvalue weighted by molar-refractivity contribution is 9.10. The van der Waals surface area contributed by atoms with Crippen LogP contribution in [0, 0.1) is 11.3 Å². The van der Waals surface area contributed by atoms with Gasteiger partial charge >= 0.3 is 0 Å². The molecule has 1 amide bonds. The topological polar surface area (TPSA) is 71.3 Å². The maximum atomic E-state index is 12.4. The van der Waals surface area contributed by atoms with Gasteiger partial charge in [-0.25, -0.2) is 0 Å². The van der Waals surface area contributed by atoms with Gasteiger partial charge in [-0.15, -0.1) is 0 Å². The molecule has 0 bridgehead atoms. The Bertz CT molecular complexity index is 731. The van der Waals surface area contributed by atoms with Crippen molar-refractivity contribution in [3.05, 3.63) is 40.4 Å². The van der Waals surface area contributed by atoms with Gasteiger partial charge in [-0.2, -0.15) is 5.26 Å². The van der Waals surface area contributed by atoms with Gasteiger partial charge in [0.05, 0.1) is 11.1 Å². The molecule has 1 aromatic carbocycles. The van der Waals surface area contributed by atoms with Crippen molar-refractivity contribution in [2.75, 3.05) is 13.2 Å². The lowest BCUT2D eigenvalue weighted by molar-refractivity contribution is -0.117. The van der Waals surface area contributed by atoms with Gasteiger partial charge < -0.3 is 14.8 Å². The molecule has 138 valence electrons. The van der Waals surface area contributed by atoms with Crippen LogP contribution in [0.25, 0.3) is 6.08 Å². The zero-order chi connectivity index (χ0) is 18.9. The monoisotopic (exact) mass is 418 g/mol. The molecule has 5 nitrogen and oxygen atoms in total. The van der Waals surface area contributed by atoms with Crippen molar-refractivity contribution in [1.29, 1.82) is 5.26 Å². The van der Waals surface area contributed by atoms with Crippen LogP contribution in [0.2, 0.25) is 0 Å². The highest BCUT2D eigenvalue weighted by Crippen LogP contribution is 2.37. The number of nitriles is 1. The predicted octanol–water partition coefficient (Wildman–Crippen LogP) is 4.38. The quantitative estimate of drug-likeness (QED) is 0.386. The van der Waals surface area contributed by atoms with E-state index in [0.717, 1.165) is 25.7 Å². The number of hydrogen-bond acceptors (Lipinski definition) is 4. The normalized spacial score (nSPS) is 14.6. The molecule has 1 N–H and O–H groups in total. The molecule has 0 spiro atoms. The van der Waals surface area contributed by atoms with Crippen molar-refractivity contribution in [1.82, 2.24) is 5.32 Å². The van der Waals surface area contributed by atoms with Crippen molar-refractivity contribution in [2.24, 2.45) is 0 Å². The van der Waals surface area contributed by atoms with Crippen LogP contribution < -0.4 is 14.8 Å². The molecule has 26 heavy (non-hydrogen) atoms. The zero-order valence-electron chi connectivity index (χ0n) is 14.9. The number of amides is 1. The first-order valence-electron chi connectivity index (χ1n) is 8.71. The highest BCUT2D eigenvalue weighted by atomic mass is 79.9. The maximum Gasteiger partial charge on any atom is 0.262 e. The summed E-state index contributed by atoms with van der Waals surface area (Å²) in [4.78, 5) is 12.4. The maximum absolute atomic E-state index is 12.4. The van der Waals surface area contributed by atoms with Crippen LogP contribution >= 0.6 is 15.9 Å². The molecule has 0 radical (unpaired) electrons. The molecule has 0 saturated heterocycles. The van der Waals surface area contributed by atoms with Crippen molar-refractivity contribution in [3.63, 3.8) is 0 Å². The molecule has 0 aromatic heterocycles. The minimum absolute atomic E-state index is 0.0750. The van der Waals surface area contributed by atoms with Crippen LogP contribution in [0.15, 0.2) is 34.8 Å². The molecule has 1 aliphatic carbocycles. The number of halogens is 1. The summed E-state index contributed by atoms with van der Waals surface area (Å²) >= 11 is 3.47. The third-order valence-electron chi connectivity index (χ3n) is 4.04. The molecule has 0 heterocycles. The van der Waals surface area contributed by atoms with E-state index in [1.807, 2.05) is 13.0 Å². The molecule has 1 saturated carbocycles. The Morgan fingerprint density at radius 3 is 2.77 bits per heavy atom. The van der Waals surface area contributed by atoms with E-state index in [-0.39, 0.29) is 17.5 Å². The molecule has 0 unspecified atom stereocenters. The van der Waals surface area contributed by atoms with E-state index < -0.39 is 0 Å². The average Bonchev–Trinajstić information content (AvgIpc) is 3.12. The Kier molecular flexibility index (Phi) is 7.73. The van der Waals surface area contributed by atoms with Gasteiger partial charge in [-0.05, 0) is 59.5 Å². The van der Waals surface area contributed by atoms with E-state index in [1.165, 1.54) is 0 Å². The molecule has 1 fully saturated rings. The van der Waals surface area contributed by atoms with Crippen LogP contribution in [0.1, 0.15) is 38.2 Å². The first-order valence-corrected chi connectivity index (χ1v) is 9.51. The van der Waals surface area contributed by atoms with E-state index in [2.05, 4.69) is 27.8 Å². The Morgan fingerprint density at radius 2 is 2.15 bits per heavy atom. The second-order valence-corrected chi connectivity index (χ2v) is 6.84. The number of carbonyl (C=O) groups excluding carboxylic acids is 1. The molecule has 0 atom stereocenters. The lowest BCUT2D eigenvalue weighted by atomic mass is 10.1. The first kappa shape index (κ1) is 20.1. The van der Waals surface area contributed by atoms with Gasteiger partial charge in [-0.3, -0.25) is 4.79 Å². The van der Waals surface area contributed by atoms with Gasteiger partial charge in [0.15, 0.2) is 11.5 Å². The summed E-state index contributed by atoms with van der Waals surface area (Å²) in [6, 6.07) is 5.71. The van der Waals surface area contributed by atoms with E-state index in [0.29, 0.717) is 34.7 Å². The summed E-state index contributed by atoms with van der Waals surface area (Å²) < 4.78 is 12.0. The number of carbonyl (C=O) groups is 1. The lowest BCUT2D eigenvalue weighted by Gasteiger charge is -2.14. The molecule has 1 aliphatic rings. The zero-order valence-corrected chi connectivity index (χ0v) is 16.5. The fraction of sp³-hybridized carbons (Fsp3) is 0.400. The van der Waals surface area contributed by atoms with Crippen LogP contribution in [0.3, 0.4) is 0 Å². The van der Waals surface area contributed by atoms with Gasteiger partial charge in [0.2, 0.25) is 0 Å². The summed E-state index contributed by atoms with van der Waals surface area (Å²) in [7, 11) is 0. The molecule has 1 aromatic rings. The van der Waals surface area contributed by atoms with Gasteiger partial charge in [0.25, 0.3) is 5.91 Å². The summed E-state index contributed by atoms with van der Waals surface area (Å²) in [6.07, 6.45) is 7.40. The number of ether oxygens (including phenoxy) is 2. The summed E-state index contributed by atoms with van der Waals surface area (Å²) in [5, 5.41) is 12.3. The average molecular weight is 419 g/mol. The molecule has 0 aliphatic heterocycles. The van der Waals surface area contributed by atoms with E-state index >= 15 is 0 Å². The van der Waals surface area contributed by atoms with Crippen molar-refractivity contribution in [2.45, 2.75) is 38.6 Å². The number of rotatable bonds is 8. The molecular weight excluding hydrogens is 396 g/mol. The Labute approximate surface area is 162 Å². The second kappa shape index (κ2) is 10.0. The van der Waals surface area contributed by atoms with Crippen molar-refractivity contribution in [3.8, 4) is 17.6 Å². The standard InChI is InChI=1S/C20H23BrN2O3/c1-3-9-26-19-17(21)11-14(12-18(19)25-4-2)10-15(13-22)20(24)23-16-7-5-6-8-16/h3,10-12,16H,1,4-9H2,2H3,(H,23,24)/b15-10-. The third kappa shape index (κ3) is 5.37. The van der Waals surface area contributed by atoms with Gasteiger partial charge in [0.1, 0.15) is 18.2 Å². The summed E-state index contributed by atoms with van der Waals surface area (Å²) in [6.45, 7) is 6.34. The highest BCUT2D eigenvalue weighted by Gasteiger charge is 2.19. The molecule has 2 rings (SSSR count). The third-order valence-corrected chi connectivity index (χ3v) is 4.63. The SMILES string of the molecule is C=CCOc1c(Br)cc(/C=C(/C#N)C(=O)NC2CCCC2)cc1OCC. The minimum Gasteiger partial charge on any atom is -0.490 e. The van der Waals surface area contributed by atoms with Crippen LogP contribution in [0.4, 0.5) is 0 Å². The second-order valence-electron chi connectivity index (χ2n) is 5.99. The van der Waals surface area contributed by atoms with Crippen LogP contribution in [-0.2, 0) is 4.79 Å². The lowest BCUT2D eigenvalue weighted by Crippen LogP contribution is -2.33.